The minimum absolute atomic E-state index is 0.0890. The molecule has 1 aromatic carbocycles. The van der Waals surface area contributed by atoms with E-state index in [2.05, 4.69) is 20.5 Å². The van der Waals surface area contributed by atoms with Crippen LogP contribution >= 0.6 is 0 Å². The summed E-state index contributed by atoms with van der Waals surface area (Å²) in [4.78, 5) is 15.9. The molecule has 2 heterocycles. The van der Waals surface area contributed by atoms with Crippen LogP contribution in [0.1, 0.15) is 29.8 Å². The van der Waals surface area contributed by atoms with Crippen molar-refractivity contribution in [3.8, 4) is 0 Å². The average Bonchev–Trinajstić information content (AvgIpc) is 3.19. The van der Waals surface area contributed by atoms with Crippen molar-refractivity contribution in [2.24, 2.45) is 0 Å². The van der Waals surface area contributed by atoms with Gasteiger partial charge in [0.15, 0.2) is 17.7 Å². The fourth-order valence-corrected chi connectivity index (χ4v) is 2.53. The summed E-state index contributed by atoms with van der Waals surface area (Å²) in [7, 11) is 0. The Balaban J connectivity index is 1.80. The van der Waals surface area contributed by atoms with Crippen LogP contribution < -0.4 is 5.32 Å². The Morgan fingerprint density at radius 1 is 1.38 bits per heavy atom. The number of aromatic amines is 1. The molecule has 2 unspecified atom stereocenters. The zero-order valence-corrected chi connectivity index (χ0v) is 11.4. The molecule has 1 aliphatic heterocycles. The topological polar surface area (TPSA) is 90.9 Å². The lowest BCUT2D eigenvalue weighted by Crippen LogP contribution is -2.15. The fraction of sp³-hybridized carbons (Fsp3) is 0.267. The first-order valence-electron chi connectivity index (χ1n) is 6.83. The zero-order valence-electron chi connectivity index (χ0n) is 11.4. The highest BCUT2D eigenvalue weighted by atomic mass is 16.3. The molecule has 3 rings (SSSR count). The molecule has 0 spiro atoms. The van der Waals surface area contributed by atoms with E-state index in [1.165, 1.54) is 12.4 Å². The molecule has 0 aliphatic carbocycles. The molecule has 2 atom stereocenters. The summed E-state index contributed by atoms with van der Waals surface area (Å²) in [6, 6.07) is 10.0. The van der Waals surface area contributed by atoms with Crippen LogP contribution in [0, 0.1) is 0 Å². The van der Waals surface area contributed by atoms with E-state index in [1.54, 1.807) is 0 Å². The molecule has 0 radical (unpaired) electrons. The van der Waals surface area contributed by atoms with Crippen molar-refractivity contribution in [3.05, 3.63) is 59.8 Å². The van der Waals surface area contributed by atoms with Crippen molar-refractivity contribution < 1.29 is 9.90 Å². The fourth-order valence-electron chi connectivity index (χ4n) is 2.53. The zero-order chi connectivity index (χ0) is 14.7. The van der Waals surface area contributed by atoms with Gasteiger partial charge in [0, 0.05) is 24.2 Å². The van der Waals surface area contributed by atoms with E-state index in [9.17, 15) is 9.90 Å². The van der Waals surface area contributed by atoms with E-state index < -0.39 is 11.9 Å². The number of nitrogens with one attached hydrogen (secondary N) is 2. The maximum atomic E-state index is 12.1. The number of aromatic nitrogens is 3. The highest BCUT2D eigenvalue weighted by Gasteiger charge is 2.25. The minimum Gasteiger partial charge on any atom is -0.388 e. The molecule has 1 fully saturated rings. The second kappa shape index (κ2) is 5.88. The Morgan fingerprint density at radius 2 is 2.19 bits per heavy atom. The van der Waals surface area contributed by atoms with E-state index in [0.29, 0.717) is 0 Å². The van der Waals surface area contributed by atoms with Gasteiger partial charge in [0.25, 0.3) is 0 Å². The first-order chi connectivity index (χ1) is 10.3. The summed E-state index contributed by atoms with van der Waals surface area (Å²) in [6.45, 7) is 0.815. The smallest absolute Gasteiger partial charge is 0.193 e. The molecule has 6 heteroatoms. The molecule has 0 saturated carbocycles. The highest BCUT2D eigenvalue weighted by molar-refractivity contribution is 5.94. The molecule has 1 aliphatic rings. The van der Waals surface area contributed by atoms with E-state index in [0.717, 1.165) is 24.2 Å². The van der Waals surface area contributed by atoms with Gasteiger partial charge in [-0.3, -0.25) is 9.89 Å². The molecular formula is C15H16N4O2. The average molecular weight is 284 g/mol. The number of allylic oxidation sites excluding steroid dienone is 1. The molecule has 2 aromatic rings. The summed E-state index contributed by atoms with van der Waals surface area (Å²) >= 11 is 0. The quantitative estimate of drug-likeness (QED) is 0.731. The van der Waals surface area contributed by atoms with Gasteiger partial charge in [-0.1, -0.05) is 30.3 Å². The highest BCUT2D eigenvalue weighted by Crippen LogP contribution is 2.30. The largest absolute Gasteiger partial charge is 0.388 e. The van der Waals surface area contributed by atoms with Gasteiger partial charge in [-0.2, -0.15) is 5.10 Å². The van der Waals surface area contributed by atoms with Gasteiger partial charge >= 0.3 is 0 Å². The van der Waals surface area contributed by atoms with Crippen molar-refractivity contribution in [1.29, 1.82) is 0 Å². The van der Waals surface area contributed by atoms with Crippen molar-refractivity contribution in [3.63, 3.8) is 0 Å². The van der Waals surface area contributed by atoms with Crippen molar-refractivity contribution in [1.82, 2.24) is 20.5 Å². The minimum atomic E-state index is -1.33. The van der Waals surface area contributed by atoms with Crippen LogP contribution in [0.5, 0.6) is 0 Å². The molecule has 0 bridgehead atoms. The van der Waals surface area contributed by atoms with Gasteiger partial charge in [-0.05, 0) is 12.0 Å². The van der Waals surface area contributed by atoms with Crippen LogP contribution in [0.25, 0.3) is 0 Å². The lowest BCUT2D eigenvalue weighted by molar-refractivity contribution is -0.122. The Labute approximate surface area is 121 Å². The van der Waals surface area contributed by atoms with Crippen LogP contribution in [0.4, 0.5) is 0 Å². The number of nitrogens with zero attached hydrogens (tertiary/aromatic N) is 2. The van der Waals surface area contributed by atoms with Crippen LogP contribution in [-0.2, 0) is 4.79 Å². The standard InChI is InChI=1S/C15H16N4O2/c20-13(14(21)15-17-9-18-19-15)8-12-11(6-7-16-12)10-4-2-1-3-5-10/h1-5,8-9,11,14,16,21H,6-7H2,(H,17,18,19). The number of benzene rings is 1. The monoisotopic (exact) mass is 284 g/mol. The van der Waals surface area contributed by atoms with Crippen molar-refractivity contribution in [2.45, 2.75) is 18.4 Å². The number of carbonyl (C=O) groups is 1. The molecule has 3 N–H and O–H groups in total. The first kappa shape index (κ1) is 13.5. The number of rotatable bonds is 4. The number of H-pyrrole nitrogens is 1. The number of hydrogen-bond donors (Lipinski definition) is 3. The second-order valence-electron chi connectivity index (χ2n) is 4.94. The Morgan fingerprint density at radius 3 is 2.90 bits per heavy atom. The maximum absolute atomic E-state index is 12.1. The van der Waals surface area contributed by atoms with Gasteiger partial charge in [-0.25, -0.2) is 4.98 Å². The molecule has 21 heavy (non-hydrogen) atoms. The molecule has 0 amide bonds. The number of aliphatic hydroxyl groups is 1. The Kier molecular flexibility index (Phi) is 3.79. The summed E-state index contributed by atoms with van der Waals surface area (Å²) in [5.41, 5.74) is 2.00. The van der Waals surface area contributed by atoms with Gasteiger partial charge in [0.2, 0.25) is 0 Å². The van der Waals surface area contributed by atoms with Crippen LogP contribution in [0.3, 0.4) is 0 Å². The van der Waals surface area contributed by atoms with Crippen LogP contribution in [0.2, 0.25) is 0 Å². The summed E-state index contributed by atoms with van der Waals surface area (Å²) in [5.74, 6) is -0.166. The van der Waals surface area contributed by atoms with Gasteiger partial charge in [-0.15, -0.1) is 0 Å². The van der Waals surface area contributed by atoms with Crippen molar-refractivity contribution >= 4 is 5.78 Å². The SMILES string of the molecule is O=C(C=C1NCCC1c1ccccc1)C(O)c1nc[nH]n1. The third kappa shape index (κ3) is 2.85. The Hall–Kier alpha value is -2.47. The lowest BCUT2D eigenvalue weighted by atomic mass is 9.94. The van der Waals surface area contributed by atoms with Crippen LogP contribution in [0.15, 0.2) is 48.4 Å². The van der Waals surface area contributed by atoms with E-state index >= 15 is 0 Å². The van der Waals surface area contributed by atoms with E-state index in [1.807, 2.05) is 30.3 Å². The summed E-state index contributed by atoms with van der Waals surface area (Å²) in [6.07, 6.45) is 2.40. The number of ketones is 1. The molecule has 1 aromatic heterocycles. The predicted molar refractivity (Wildman–Crippen MR) is 76.2 cm³/mol. The van der Waals surface area contributed by atoms with Crippen molar-refractivity contribution in [2.75, 3.05) is 6.54 Å². The number of carbonyl (C=O) groups excluding carboxylic acids is 1. The summed E-state index contributed by atoms with van der Waals surface area (Å²) in [5, 5.41) is 19.4. The molecule has 1 saturated heterocycles. The van der Waals surface area contributed by atoms with Gasteiger partial charge in [0.05, 0.1) is 0 Å². The molecule has 108 valence electrons. The first-order valence-corrected chi connectivity index (χ1v) is 6.83. The second-order valence-corrected chi connectivity index (χ2v) is 4.94. The van der Waals surface area contributed by atoms with E-state index in [-0.39, 0.29) is 11.7 Å². The number of hydrogen-bond acceptors (Lipinski definition) is 5. The number of aliphatic hydroxyl groups excluding tert-OH is 1. The van der Waals surface area contributed by atoms with Gasteiger partial charge in [0.1, 0.15) is 6.33 Å². The lowest BCUT2D eigenvalue weighted by Gasteiger charge is -2.12. The third-order valence-corrected chi connectivity index (χ3v) is 3.58. The predicted octanol–water partition coefficient (Wildman–Crippen LogP) is 1.07. The van der Waals surface area contributed by atoms with E-state index in [4.69, 9.17) is 0 Å². The Bertz CT molecular complexity index is 637. The van der Waals surface area contributed by atoms with Crippen LogP contribution in [-0.4, -0.2) is 32.6 Å². The third-order valence-electron chi connectivity index (χ3n) is 3.58. The normalized spacial score (nSPS) is 21.2. The van der Waals surface area contributed by atoms with Gasteiger partial charge < -0.3 is 10.4 Å². The molecular weight excluding hydrogens is 268 g/mol. The maximum Gasteiger partial charge on any atom is 0.193 e. The summed E-state index contributed by atoms with van der Waals surface area (Å²) < 4.78 is 0. The molecule has 6 nitrogen and oxygen atoms in total.